The molecule has 0 spiro atoms. The highest BCUT2D eigenvalue weighted by molar-refractivity contribution is 6.74. The fraction of sp³-hybridized carbons (Fsp3) is 0.833. The van der Waals surface area contributed by atoms with Crippen molar-refractivity contribution < 1.29 is 4.43 Å². The van der Waals surface area contributed by atoms with E-state index in [0.29, 0.717) is 6.61 Å². The first kappa shape index (κ1) is 14.4. The van der Waals surface area contributed by atoms with Gasteiger partial charge < -0.3 is 4.43 Å². The van der Waals surface area contributed by atoms with Crippen LogP contribution in [-0.2, 0) is 17.6 Å². The third-order valence-corrected chi connectivity index (χ3v) is 7.88. The van der Waals surface area contributed by atoms with Crippen LogP contribution < -0.4 is 0 Å². The van der Waals surface area contributed by atoms with Crippen molar-refractivity contribution in [3.05, 3.63) is 12.2 Å². The fourth-order valence-corrected chi connectivity index (χ4v) is 2.12. The lowest BCUT2D eigenvalue weighted by atomic mass is 10.2. The van der Waals surface area contributed by atoms with Gasteiger partial charge in [0.25, 0.3) is 0 Å². The normalized spacial score (nSPS) is 13.1. The minimum absolute atomic E-state index is 0.235. The fourth-order valence-electron chi connectivity index (χ4n) is 1.20. The number of nitrogens with zero attached hydrogens (tertiary/aromatic N) is 3. The predicted molar refractivity (Wildman–Crippen MR) is 72.3 cm³/mol. The van der Waals surface area contributed by atoms with E-state index < -0.39 is 8.32 Å². The summed E-state index contributed by atoms with van der Waals surface area (Å²) in [6, 6.07) is 0. The van der Waals surface area contributed by atoms with Crippen molar-refractivity contribution in [3.63, 3.8) is 0 Å². The first-order valence-electron chi connectivity index (χ1n) is 6.28. The zero-order valence-electron chi connectivity index (χ0n) is 11.9. The highest BCUT2D eigenvalue weighted by Crippen LogP contribution is 2.36. The summed E-state index contributed by atoms with van der Waals surface area (Å²) in [5.74, 6) is 0.795. The van der Waals surface area contributed by atoms with Gasteiger partial charge in [0.05, 0.1) is 6.61 Å². The van der Waals surface area contributed by atoms with Crippen molar-refractivity contribution in [3.8, 4) is 0 Å². The summed E-state index contributed by atoms with van der Waals surface area (Å²) < 4.78 is 7.95. The Morgan fingerprint density at radius 1 is 1.35 bits per heavy atom. The van der Waals surface area contributed by atoms with Crippen molar-refractivity contribution in [1.29, 1.82) is 0 Å². The van der Waals surface area contributed by atoms with Gasteiger partial charge in [-0.25, -0.2) is 4.98 Å². The van der Waals surface area contributed by atoms with Gasteiger partial charge in [-0.15, -0.1) is 0 Å². The second-order valence-corrected chi connectivity index (χ2v) is 10.8. The molecule has 0 aliphatic heterocycles. The molecule has 0 aliphatic rings. The van der Waals surface area contributed by atoms with Crippen LogP contribution in [0.25, 0.3) is 0 Å². The van der Waals surface area contributed by atoms with Gasteiger partial charge in [0, 0.05) is 6.54 Å². The van der Waals surface area contributed by atoms with Crippen LogP contribution in [0.15, 0.2) is 6.33 Å². The Balaban J connectivity index is 2.55. The van der Waals surface area contributed by atoms with E-state index in [2.05, 4.69) is 50.9 Å². The molecule has 1 rings (SSSR count). The van der Waals surface area contributed by atoms with Crippen LogP contribution in [0.1, 0.15) is 39.9 Å². The first-order chi connectivity index (χ1) is 7.76. The van der Waals surface area contributed by atoms with Gasteiger partial charge in [-0.3, -0.25) is 4.68 Å². The van der Waals surface area contributed by atoms with E-state index in [0.717, 1.165) is 18.8 Å². The van der Waals surface area contributed by atoms with Crippen molar-refractivity contribution in [2.75, 3.05) is 0 Å². The van der Waals surface area contributed by atoms with Crippen molar-refractivity contribution in [2.45, 2.75) is 65.4 Å². The molecule has 0 N–H and O–H groups in total. The zero-order valence-corrected chi connectivity index (χ0v) is 12.9. The standard InChI is InChI=1S/C12H25N3OSi/c1-7-8-15-10-13-11(14-15)9-16-17(5,6)12(2,3)4/h10H,7-9H2,1-6H3. The Morgan fingerprint density at radius 2 is 2.00 bits per heavy atom. The summed E-state index contributed by atoms with van der Waals surface area (Å²) >= 11 is 0. The zero-order chi connectivity index (χ0) is 13.1. The van der Waals surface area contributed by atoms with Crippen molar-refractivity contribution in [2.24, 2.45) is 0 Å². The SMILES string of the molecule is CCCn1cnc(CO[Si](C)(C)C(C)(C)C)n1. The monoisotopic (exact) mass is 255 g/mol. The number of hydrogen-bond acceptors (Lipinski definition) is 3. The quantitative estimate of drug-likeness (QED) is 0.759. The highest BCUT2D eigenvalue weighted by Gasteiger charge is 2.37. The summed E-state index contributed by atoms with van der Waals surface area (Å²) in [4.78, 5) is 4.27. The molecule has 98 valence electrons. The van der Waals surface area contributed by atoms with Crippen LogP contribution >= 0.6 is 0 Å². The molecule has 0 atom stereocenters. The highest BCUT2D eigenvalue weighted by atomic mass is 28.4. The van der Waals surface area contributed by atoms with E-state index in [1.807, 2.05) is 4.68 Å². The third kappa shape index (κ3) is 3.92. The van der Waals surface area contributed by atoms with Gasteiger partial charge in [-0.2, -0.15) is 5.10 Å². The van der Waals surface area contributed by atoms with Crippen LogP contribution in [0.5, 0.6) is 0 Å². The minimum atomic E-state index is -1.69. The maximum atomic E-state index is 6.07. The molecular weight excluding hydrogens is 230 g/mol. The summed E-state index contributed by atoms with van der Waals surface area (Å²) in [6.45, 7) is 14.8. The lowest BCUT2D eigenvalue weighted by molar-refractivity contribution is 0.266. The lowest BCUT2D eigenvalue weighted by Gasteiger charge is -2.35. The van der Waals surface area contributed by atoms with Gasteiger partial charge in [-0.1, -0.05) is 27.7 Å². The number of aryl methyl sites for hydroxylation is 1. The van der Waals surface area contributed by atoms with Gasteiger partial charge >= 0.3 is 0 Å². The Morgan fingerprint density at radius 3 is 2.53 bits per heavy atom. The summed E-state index contributed by atoms with van der Waals surface area (Å²) in [7, 11) is -1.69. The lowest BCUT2D eigenvalue weighted by Crippen LogP contribution is -2.40. The molecule has 0 radical (unpaired) electrons. The largest absolute Gasteiger partial charge is 0.409 e. The molecule has 0 saturated heterocycles. The smallest absolute Gasteiger partial charge is 0.192 e. The summed E-state index contributed by atoms with van der Waals surface area (Å²) in [5, 5.41) is 4.62. The molecule has 0 aliphatic carbocycles. The number of rotatable bonds is 5. The molecule has 5 heteroatoms. The molecule has 1 heterocycles. The van der Waals surface area contributed by atoms with Gasteiger partial charge in [-0.05, 0) is 24.6 Å². The molecule has 4 nitrogen and oxygen atoms in total. The molecule has 0 unspecified atom stereocenters. The average molecular weight is 255 g/mol. The van der Waals surface area contributed by atoms with E-state index in [1.165, 1.54) is 0 Å². The Kier molecular flexibility index (Phi) is 4.49. The summed E-state index contributed by atoms with van der Waals surface area (Å²) in [6.07, 6.45) is 2.86. The molecule has 0 bridgehead atoms. The van der Waals surface area contributed by atoms with Gasteiger partial charge in [0.1, 0.15) is 6.33 Å². The van der Waals surface area contributed by atoms with Crippen LogP contribution in [-0.4, -0.2) is 23.1 Å². The van der Waals surface area contributed by atoms with Crippen LogP contribution in [0.3, 0.4) is 0 Å². The maximum absolute atomic E-state index is 6.07. The average Bonchev–Trinajstić information content (AvgIpc) is 2.62. The minimum Gasteiger partial charge on any atom is -0.409 e. The number of hydrogen-bond donors (Lipinski definition) is 0. The Bertz CT molecular complexity index is 355. The second-order valence-electron chi connectivity index (χ2n) is 5.97. The summed E-state index contributed by atoms with van der Waals surface area (Å²) in [5.41, 5.74) is 0. The maximum Gasteiger partial charge on any atom is 0.192 e. The second kappa shape index (κ2) is 5.31. The first-order valence-corrected chi connectivity index (χ1v) is 9.19. The van der Waals surface area contributed by atoms with Crippen LogP contribution in [0, 0.1) is 0 Å². The van der Waals surface area contributed by atoms with Gasteiger partial charge in [0.15, 0.2) is 14.1 Å². The van der Waals surface area contributed by atoms with E-state index in [-0.39, 0.29) is 5.04 Å². The van der Waals surface area contributed by atoms with Gasteiger partial charge in [0.2, 0.25) is 0 Å². The molecule has 0 fully saturated rings. The molecular formula is C12H25N3OSi. The van der Waals surface area contributed by atoms with E-state index in [4.69, 9.17) is 4.43 Å². The molecule has 17 heavy (non-hydrogen) atoms. The molecule has 1 aromatic rings. The topological polar surface area (TPSA) is 39.9 Å². The number of aromatic nitrogens is 3. The molecule has 0 saturated carbocycles. The Hall–Kier alpha value is -0.683. The Labute approximate surface area is 106 Å². The molecule has 1 aromatic heterocycles. The van der Waals surface area contributed by atoms with E-state index >= 15 is 0 Å². The van der Waals surface area contributed by atoms with Crippen LogP contribution in [0.2, 0.25) is 18.1 Å². The van der Waals surface area contributed by atoms with Crippen molar-refractivity contribution in [1.82, 2.24) is 14.8 Å². The van der Waals surface area contributed by atoms with E-state index in [9.17, 15) is 0 Å². The molecule has 0 amide bonds. The molecule has 0 aromatic carbocycles. The third-order valence-electron chi connectivity index (χ3n) is 3.40. The predicted octanol–water partition coefficient (Wildman–Crippen LogP) is 3.21. The van der Waals surface area contributed by atoms with E-state index in [1.54, 1.807) is 6.33 Å². The van der Waals surface area contributed by atoms with Crippen molar-refractivity contribution >= 4 is 8.32 Å². The van der Waals surface area contributed by atoms with Crippen LogP contribution in [0.4, 0.5) is 0 Å².